The van der Waals surface area contributed by atoms with E-state index in [0.717, 1.165) is 36.8 Å². The van der Waals surface area contributed by atoms with Gasteiger partial charge in [-0.2, -0.15) is 0 Å². The first-order valence-electron chi connectivity index (χ1n) is 15.4. The molecule has 1 aromatic heterocycles. The van der Waals surface area contributed by atoms with Gasteiger partial charge >= 0.3 is 0 Å². The molecule has 44 heavy (non-hydrogen) atoms. The molecule has 1 aliphatic carbocycles. The van der Waals surface area contributed by atoms with Gasteiger partial charge in [0.2, 0.25) is 5.91 Å². The third-order valence-electron chi connectivity index (χ3n) is 9.06. The van der Waals surface area contributed by atoms with Crippen LogP contribution in [0.5, 0.6) is 5.75 Å². The quantitative estimate of drug-likeness (QED) is 0.267. The highest BCUT2D eigenvalue weighted by molar-refractivity contribution is 6.00. The Morgan fingerprint density at radius 2 is 1.75 bits per heavy atom. The van der Waals surface area contributed by atoms with Crippen LogP contribution in [0.15, 0.2) is 48.5 Å². The summed E-state index contributed by atoms with van der Waals surface area (Å²) in [6, 6.07) is 13.2. The Morgan fingerprint density at radius 1 is 1.07 bits per heavy atom. The Balaban J connectivity index is 1.31. The lowest BCUT2D eigenvalue weighted by Gasteiger charge is -2.26. The maximum absolute atomic E-state index is 13.9. The number of rotatable bonds is 14. The minimum absolute atomic E-state index is 0.111. The highest BCUT2D eigenvalue weighted by atomic mass is 16.6. The van der Waals surface area contributed by atoms with Crippen LogP contribution < -0.4 is 15.4 Å². The van der Waals surface area contributed by atoms with Crippen molar-refractivity contribution in [2.75, 3.05) is 13.7 Å². The molecule has 0 radical (unpaired) electrons. The third kappa shape index (κ3) is 7.18. The van der Waals surface area contributed by atoms with Gasteiger partial charge in [-0.1, -0.05) is 49.9 Å². The highest BCUT2D eigenvalue weighted by Gasteiger charge is 2.50. The Labute approximate surface area is 257 Å². The van der Waals surface area contributed by atoms with Crippen LogP contribution >= 0.6 is 0 Å². The van der Waals surface area contributed by atoms with Crippen molar-refractivity contribution < 1.29 is 28.7 Å². The zero-order valence-corrected chi connectivity index (χ0v) is 25.9. The molecule has 2 aromatic carbocycles. The molecule has 5 rings (SSSR count). The number of nitrogens with one attached hydrogen (secondary N) is 2. The van der Waals surface area contributed by atoms with Crippen LogP contribution in [-0.4, -0.2) is 64.3 Å². The minimum Gasteiger partial charge on any atom is -0.497 e. The number of amides is 2. The van der Waals surface area contributed by atoms with Gasteiger partial charge in [-0.25, -0.2) is 4.98 Å². The fourth-order valence-corrected chi connectivity index (χ4v) is 6.13. The first kappa shape index (κ1) is 31.4. The van der Waals surface area contributed by atoms with Crippen molar-refractivity contribution >= 4 is 34.4 Å². The second-order valence-corrected chi connectivity index (χ2v) is 12.4. The number of carbonyl (C=O) groups excluding carboxylic acids is 4. The molecule has 10 heteroatoms. The second kappa shape index (κ2) is 13.3. The zero-order valence-electron chi connectivity index (χ0n) is 25.9. The van der Waals surface area contributed by atoms with E-state index < -0.39 is 29.5 Å². The van der Waals surface area contributed by atoms with Gasteiger partial charge in [0.25, 0.3) is 5.91 Å². The molecule has 0 spiro atoms. The van der Waals surface area contributed by atoms with E-state index in [2.05, 4.69) is 15.6 Å². The van der Waals surface area contributed by atoms with Crippen molar-refractivity contribution in [2.24, 2.45) is 18.9 Å². The summed E-state index contributed by atoms with van der Waals surface area (Å²) in [5.41, 5.74) is 1.47. The number of aromatic nitrogens is 2. The number of epoxide rings is 1. The number of benzene rings is 2. The van der Waals surface area contributed by atoms with Crippen LogP contribution in [0.2, 0.25) is 0 Å². The fraction of sp³-hybridized carbons (Fsp3) is 0.500. The predicted molar refractivity (Wildman–Crippen MR) is 165 cm³/mol. The maximum atomic E-state index is 13.9. The Bertz CT molecular complexity index is 1520. The lowest BCUT2D eigenvalue weighted by molar-refractivity contribution is -0.134. The summed E-state index contributed by atoms with van der Waals surface area (Å²) < 4.78 is 12.4. The van der Waals surface area contributed by atoms with E-state index in [-0.39, 0.29) is 36.1 Å². The molecule has 2 fully saturated rings. The van der Waals surface area contributed by atoms with Crippen molar-refractivity contribution in [1.82, 2.24) is 20.2 Å². The Morgan fingerprint density at radius 3 is 2.39 bits per heavy atom. The summed E-state index contributed by atoms with van der Waals surface area (Å²) in [4.78, 5) is 58.3. The van der Waals surface area contributed by atoms with E-state index in [1.165, 1.54) is 0 Å². The SMILES string of the molecule is COc1ccc(C[C@H](CC(=O)[C@@H](C)NC(=O)c2nc3ccccc3n2C)C(=O)N[C@@H](CC2CCCC2)C(=O)[C@@]2(C)CO2)cc1. The summed E-state index contributed by atoms with van der Waals surface area (Å²) in [5.74, 6) is -0.739. The minimum atomic E-state index is -0.869. The maximum Gasteiger partial charge on any atom is 0.287 e. The number of methoxy groups -OCH3 is 1. The van der Waals surface area contributed by atoms with E-state index in [9.17, 15) is 19.2 Å². The van der Waals surface area contributed by atoms with E-state index in [0.29, 0.717) is 30.2 Å². The topological polar surface area (TPSA) is 132 Å². The zero-order chi connectivity index (χ0) is 31.4. The van der Waals surface area contributed by atoms with Gasteiger partial charge in [0.05, 0.1) is 36.8 Å². The molecule has 1 aliphatic heterocycles. The van der Waals surface area contributed by atoms with Crippen LogP contribution in [-0.2, 0) is 32.6 Å². The predicted octanol–water partition coefficient (Wildman–Crippen LogP) is 3.94. The fourth-order valence-electron chi connectivity index (χ4n) is 6.13. The number of para-hydroxylation sites is 2. The van der Waals surface area contributed by atoms with Crippen molar-refractivity contribution in [3.63, 3.8) is 0 Å². The number of ketones is 2. The first-order valence-corrected chi connectivity index (χ1v) is 15.4. The number of carbonyl (C=O) groups is 4. The molecule has 1 saturated heterocycles. The van der Waals surface area contributed by atoms with Gasteiger partial charge in [0, 0.05) is 19.4 Å². The van der Waals surface area contributed by atoms with E-state index >= 15 is 0 Å². The number of aryl methyl sites for hydroxylation is 1. The van der Waals surface area contributed by atoms with Crippen molar-refractivity contribution in [3.8, 4) is 5.75 Å². The number of imidazole rings is 1. The monoisotopic (exact) mass is 602 g/mol. The van der Waals surface area contributed by atoms with E-state index in [4.69, 9.17) is 9.47 Å². The number of fused-ring (bicyclic) bond motifs is 1. The number of hydrogen-bond donors (Lipinski definition) is 2. The van der Waals surface area contributed by atoms with Crippen molar-refractivity contribution in [2.45, 2.75) is 76.5 Å². The summed E-state index contributed by atoms with van der Waals surface area (Å²) >= 11 is 0. The van der Waals surface area contributed by atoms with Gasteiger partial charge in [-0.3, -0.25) is 19.2 Å². The standard InChI is InChI=1S/C34H42N4O6/c1-21(35-33(42)31-36-26-11-7-8-12-28(26)38(31)3)29(39)19-24(17-23-13-15-25(43-4)16-14-23)32(41)37-27(18-22-9-5-6-10-22)30(40)34(2)20-44-34/h7-8,11-16,21-22,24,27H,5-6,9-10,17-20H2,1-4H3,(H,35,42)(H,37,41)/t21-,24-,27+,34-/m1/s1. The first-order chi connectivity index (χ1) is 21.1. The van der Waals surface area contributed by atoms with Crippen LogP contribution in [0, 0.1) is 11.8 Å². The van der Waals surface area contributed by atoms with Gasteiger partial charge in [-0.05, 0) is 62.4 Å². The average molecular weight is 603 g/mol. The van der Waals surface area contributed by atoms with Crippen molar-refractivity contribution in [1.29, 1.82) is 0 Å². The largest absolute Gasteiger partial charge is 0.497 e. The summed E-state index contributed by atoms with van der Waals surface area (Å²) in [5, 5.41) is 5.79. The molecule has 4 atom stereocenters. The lowest BCUT2D eigenvalue weighted by Crippen LogP contribution is -2.49. The molecule has 3 aromatic rings. The molecule has 2 heterocycles. The van der Waals surface area contributed by atoms with Crippen molar-refractivity contribution in [3.05, 3.63) is 59.9 Å². The summed E-state index contributed by atoms with van der Waals surface area (Å²) in [7, 11) is 3.33. The molecular weight excluding hydrogens is 560 g/mol. The smallest absolute Gasteiger partial charge is 0.287 e. The molecule has 1 saturated carbocycles. The average Bonchev–Trinajstić information content (AvgIpc) is 3.40. The molecule has 0 unspecified atom stereocenters. The molecule has 10 nitrogen and oxygen atoms in total. The number of nitrogens with zero attached hydrogens (tertiary/aromatic N) is 2. The van der Waals surface area contributed by atoms with E-state index in [1.807, 2.05) is 48.5 Å². The molecule has 2 aliphatic rings. The van der Waals surface area contributed by atoms with Crippen LogP contribution in [0.3, 0.4) is 0 Å². The molecular formula is C34H42N4O6. The number of Topliss-reactive ketones (excluding diaryl/α,β-unsaturated/α-hetero) is 2. The highest BCUT2D eigenvalue weighted by Crippen LogP contribution is 2.34. The summed E-state index contributed by atoms with van der Waals surface area (Å²) in [6.07, 6.45) is 5.06. The van der Waals surface area contributed by atoms with Gasteiger partial charge < -0.3 is 24.7 Å². The number of ether oxygens (including phenoxy) is 2. The molecule has 234 valence electrons. The Hall–Kier alpha value is -4.05. The third-order valence-corrected chi connectivity index (χ3v) is 9.06. The molecule has 0 bridgehead atoms. The van der Waals surface area contributed by atoms with E-state index in [1.54, 1.807) is 32.6 Å². The number of hydrogen-bond acceptors (Lipinski definition) is 7. The van der Waals surface area contributed by atoms with Crippen LogP contribution in [0.25, 0.3) is 11.0 Å². The van der Waals surface area contributed by atoms with Gasteiger partial charge in [0.15, 0.2) is 17.4 Å². The normalized spacial score (nSPS) is 20.1. The molecule has 2 amide bonds. The van der Waals surface area contributed by atoms with Gasteiger partial charge in [0.1, 0.15) is 11.4 Å². The Kier molecular flexibility index (Phi) is 9.48. The molecule has 2 N–H and O–H groups in total. The van der Waals surface area contributed by atoms with Crippen LogP contribution in [0.1, 0.15) is 68.6 Å². The lowest BCUT2D eigenvalue weighted by atomic mass is 9.88. The van der Waals surface area contributed by atoms with Crippen LogP contribution in [0.4, 0.5) is 0 Å². The second-order valence-electron chi connectivity index (χ2n) is 12.4. The summed E-state index contributed by atoms with van der Waals surface area (Å²) in [6.45, 7) is 3.72. The van der Waals surface area contributed by atoms with Gasteiger partial charge in [-0.15, -0.1) is 0 Å².